The molecule has 4 nitrogen and oxygen atoms in total. The summed E-state index contributed by atoms with van der Waals surface area (Å²) in [6, 6.07) is 11.5. The fourth-order valence-electron chi connectivity index (χ4n) is 1.92. The number of nitro benzene ring substituents is 1. The van der Waals surface area contributed by atoms with Gasteiger partial charge in [-0.2, -0.15) is 4.39 Å². The van der Waals surface area contributed by atoms with Crippen LogP contribution < -0.4 is 4.74 Å². The van der Waals surface area contributed by atoms with Crippen LogP contribution in [0.2, 0.25) is 0 Å². The Kier molecular flexibility index (Phi) is 4.52. The minimum atomic E-state index is -0.850. The van der Waals surface area contributed by atoms with Crippen LogP contribution in [0.25, 0.3) is 0 Å². The predicted octanol–water partition coefficient (Wildman–Crippen LogP) is 4.44. The SMILES string of the molecule is CC(C)c1cccc(OCc2ccc([N+](=O)[O-])c(F)c2)c1. The summed E-state index contributed by atoms with van der Waals surface area (Å²) in [6.45, 7) is 4.34. The van der Waals surface area contributed by atoms with Gasteiger partial charge in [0.05, 0.1) is 4.92 Å². The van der Waals surface area contributed by atoms with Crippen molar-refractivity contribution in [2.24, 2.45) is 0 Å². The molecule has 0 fully saturated rings. The van der Waals surface area contributed by atoms with Crippen LogP contribution in [0.4, 0.5) is 10.1 Å². The van der Waals surface area contributed by atoms with Gasteiger partial charge >= 0.3 is 5.69 Å². The molecule has 0 amide bonds. The maximum atomic E-state index is 13.5. The maximum Gasteiger partial charge on any atom is 0.304 e. The van der Waals surface area contributed by atoms with Crippen molar-refractivity contribution in [3.8, 4) is 5.75 Å². The van der Waals surface area contributed by atoms with Crippen molar-refractivity contribution < 1.29 is 14.1 Å². The fourth-order valence-corrected chi connectivity index (χ4v) is 1.92. The van der Waals surface area contributed by atoms with Crippen molar-refractivity contribution in [3.05, 3.63) is 69.5 Å². The molecule has 0 bridgehead atoms. The number of hydrogen-bond acceptors (Lipinski definition) is 3. The molecule has 0 spiro atoms. The molecule has 0 atom stereocenters. The summed E-state index contributed by atoms with van der Waals surface area (Å²) >= 11 is 0. The number of benzene rings is 2. The first-order valence-corrected chi connectivity index (χ1v) is 6.63. The van der Waals surface area contributed by atoms with E-state index in [0.717, 1.165) is 17.7 Å². The Morgan fingerprint density at radius 3 is 2.62 bits per heavy atom. The van der Waals surface area contributed by atoms with E-state index in [9.17, 15) is 14.5 Å². The van der Waals surface area contributed by atoms with E-state index in [2.05, 4.69) is 13.8 Å². The molecule has 21 heavy (non-hydrogen) atoms. The zero-order valence-electron chi connectivity index (χ0n) is 11.9. The molecule has 0 saturated carbocycles. The first kappa shape index (κ1) is 15.0. The first-order valence-electron chi connectivity index (χ1n) is 6.63. The van der Waals surface area contributed by atoms with Crippen LogP contribution in [0.15, 0.2) is 42.5 Å². The van der Waals surface area contributed by atoms with Crippen LogP contribution in [-0.4, -0.2) is 4.92 Å². The third kappa shape index (κ3) is 3.78. The number of nitrogens with zero attached hydrogens (tertiary/aromatic N) is 1. The standard InChI is InChI=1S/C16H16FNO3/c1-11(2)13-4-3-5-14(9-13)21-10-12-6-7-16(18(19)20)15(17)8-12/h3-9,11H,10H2,1-2H3. The predicted molar refractivity (Wildman–Crippen MR) is 77.9 cm³/mol. The van der Waals surface area contributed by atoms with Gasteiger partial charge in [0.1, 0.15) is 12.4 Å². The zero-order chi connectivity index (χ0) is 15.4. The van der Waals surface area contributed by atoms with Crippen LogP contribution >= 0.6 is 0 Å². The monoisotopic (exact) mass is 289 g/mol. The molecule has 0 aliphatic rings. The van der Waals surface area contributed by atoms with E-state index in [1.54, 1.807) is 0 Å². The Morgan fingerprint density at radius 1 is 1.24 bits per heavy atom. The molecule has 2 aromatic carbocycles. The second kappa shape index (κ2) is 6.35. The lowest BCUT2D eigenvalue weighted by atomic mass is 10.0. The molecule has 0 heterocycles. The molecular formula is C16H16FNO3. The summed E-state index contributed by atoms with van der Waals surface area (Å²) in [5.74, 6) is 0.238. The van der Waals surface area contributed by atoms with E-state index in [4.69, 9.17) is 4.74 Å². The van der Waals surface area contributed by atoms with Crippen molar-refractivity contribution in [2.75, 3.05) is 0 Å². The normalized spacial score (nSPS) is 10.7. The second-order valence-corrected chi connectivity index (χ2v) is 5.06. The topological polar surface area (TPSA) is 52.4 Å². The Morgan fingerprint density at radius 2 is 2.00 bits per heavy atom. The van der Waals surface area contributed by atoms with E-state index in [1.165, 1.54) is 6.07 Å². The summed E-state index contributed by atoms with van der Waals surface area (Å²) in [7, 11) is 0. The number of ether oxygens (including phenoxy) is 1. The number of hydrogen-bond donors (Lipinski definition) is 0. The summed E-state index contributed by atoms with van der Waals surface area (Å²) in [6.07, 6.45) is 0. The van der Waals surface area contributed by atoms with Crippen LogP contribution in [0.1, 0.15) is 30.9 Å². The van der Waals surface area contributed by atoms with E-state index in [1.807, 2.05) is 24.3 Å². The molecule has 0 aliphatic heterocycles. The Bertz CT molecular complexity index is 656. The summed E-state index contributed by atoms with van der Waals surface area (Å²) in [4.78, 5) is 9.80. The molecule has 2 rings (SSSR count). The highest BCUT2D eigenvalue weighted by Crippen LogP contribution is 2.22. The summed E-state index contributed by atoms with van der Waals surface area (Å²) in [5, 5.41) is 10.5. The molecule has 0 unspecified atom stereocenters. The van der Waals surface area contributed by atoms with Gasteiger partial charge in [0, 0.05) is 6.07 Å². The highest BCUT2D eigenvalue weighted by atomic mass is 19.1. The smallest absolute Gasteiger partial charge is 0.304 e. The third-order valence-electron chi connectivity index (χ3n) is 3.14. The van der Waals surface area contributed by atoms with Gasteiger partial charge < -0.3 is 4.74 Å². The van der Waals surface area contributed by atoms with Gasteiger partial charge in [-0.15, -0.1) is 0 Å². The Labute approximate surface area is 122 Å². The molecule has 110 valence electrons. The van der Waals surface area contributed by atoms with Crippen molar-refractivity contribution in [2.45, 2.75) is 26.4 Å². The van der Waals surface area contributed by atoms with Crippen molar-refractivity contribution >= 4 is 5.69 Å². The van der Waals surface area contributed by atoms with E-state index in [0.29, 0.717) is 17.2 Å². The maximum absolute atomic E-state index is 13.5. The molecule has 0 aliphatic carbocycles. The van der Waals surface area contributed by atoms with Crippen LogP contribution in [0, 0.1) is 15.9 Å². The van der Waals surface area contributed by atoms with Gasteiger partial charge in [-0.05, 0) is 41.3 Å². The number of rotatable bonds is 5. The van der Waals surface area contributed by atoms with Gasteiger partial charge in [-0.3, -0.25) is 10.1 Å². The second-order valence-electron chi connectivity index (χ2n) is 5.06. The van der Waals surface area contributed by atoms with E-state index in [-0.39, 0.29) is 6.61 Å². The molecule has 0 saturated heterocycles. The average molecular weight is 289 g/mol. The molecule has 2 aromatic rings. The lowest BCUT2D eigenvalue weighted by molar-refractivity contribution is -0.387. The summed E-state index contributed by atoms with van der Waals surface area (Å²) < 4.78 is 19.1. The van der Waals surface area contributed by atoms with Crippen molar-refractivity contribution in [1.29, 1.82) is 0 Å². The average Bonchev–Trinajstić information content (AvgIpc) is 2.45. The van der Waals surface area contributed by atoms with E-state index < -0.39 is 16.4 Å². The first-order chi connectivity index (χ1) is 9.97. The third-order valence-corrected chi connectivity index (χ3v) is 3.14. The highest BCUT2D eigenvalue weighted by Gasteiger charge is 2.13. The number of halogens is 1. The van der Waals surface area contributed by atoms with Crippen LogP contribution in [0.5, 0.6) is 5.75 Å². The Hall–Kier alpha value is -2.43. The summed E-state index contributed by atoms with van der Waals surface area (Å²) in [5.41, 5.74) is 1.18. The van der Waals surface area contributed by atoms with Crippen LogP contribution in [0.3, 0.4) is 0 Å². The molecular weight excluding hydrogens is 273 g/mol. The quantitative estimate of drug-likeness (QED) is 0.604. The van der Waals surface area contributed by atoms with Crippen molar-refractivity contribution in [3.63, 3.8) is 0 Å². The highest BCUT2D eigenvalue weighted by molar-refractivity contribution is 5.35. The lowest BCUT2D eigenvalue weighted by Gasteiger charge is -2.10. The minimum Gasteiger partial charge on any atom is -0.489 e. The largest absolute Gasteiger partial charge is 0.489 e. The molecule has 0 radical (unpaired) electrons. The van der Waals surface area contributed by atoms with Gasteiger partial charge in [0.2, 0.25) is 5.82 Å². The fraction of sp³-hybridized carbons (Fsp3) is 0.250. The minimum absolute atomic E-state index is 0.163. The zero-order valence-corrected chi connectivity index (χ0v) is 11.9. The molecule has 5 heteroatoms. The van der Waals surface area contributed by atoms with Gasteiger partial charge in [-0.1, -0.05) is 26.0 Å². The molecule has 0 aromatic heterocycles. The van der Waals surface area contributed by atoms with Crippen molar-refractivity contribution in [1.82, 2.24) is 0 Å². The van der Waals surface area contributed by atoms with Crippen LogP contribution in [-0.2, 0) is 6.61 Å². The lowest BCUT2D eigenvalue weighted by Crippen LogP contribution is -1.99. The number of nitro groups is 1. The van der Waals surface area contributed by atoms with E-state index >= 15 is 0 Å². The van der Waals surface area contributed by atoms with Gasteiger partial charge in [0.25, 0.3) is 0 Å². The van der Waals surface area contributed by atoms with Gasteiger partial charge in [-0.25, -0.2) is 0 Å². The molecule has 0 N–H and O–H groups in total. The Balaban J connectivity index is 2.08. The van der Waals surface area contributed by atoms with Gasteiger partial charge in [0.15, 0.2) is 0 Å².